The van der Waals surface area contributed by atoms with Crippen LogP contribution < -0.4 is 5.43 Å². The fraction of sp³-hybridized carbons (Fsp3) is 0.200. The number of hydrogen-bond acceptors (Lipinski definition) is 3. The predicted molar refractivity (Wildman–Crippen MR) is 77.7 cm³/mol. The number of nitrogens with zero attached hydrogens (tertiary/aromatic N) is 1. The molecule has 3 nitrogen and oxygen atoms in total. The van der Waals surface area contributed by atoms with Crippen LogP contribution in [0.2, 0.25) is 0 Å². The molecule has 0 fully saturated rings. The Morgan fingerprint density at radius 2 is 2.05 bits per heavy atom. The maximum absolute atomic E-state index is 11.9. The lowest BCUT2D eigenvalue weighted by atomic mass is 9.90. The molecule has 1 aliphatic rings. The molecule has 0 saturated heterocycles. The lowest BCUT2D eigenvalue weighted by molar-refractivity contribution is 0.0959. The third kappa shape index (κ3) is 2.58. The monoisotopic (exact) mass is 270 g/mol. The molecular weight excluding hydrogens is 256 g/mol. The van der Waals surface area contributed by atoms with E-state index in [1.54, 1.807) is 6.07 Å². The Labute approximate surface area is 116 Å². The maximum Gasteiger partial charge on any atom is 0.281 e. The Kier molecular flexibility index (Phi) is 3.42. The summed E-state index contributed by atoms with van der Waals surface area (Å²) in [5, 5.41) is 6.19. The number of thiophene rings is 1. The average Bonchev–Trinajstić information content (AvgIpc) is 2.99. The number of nitrogens with one attached hydrogen (secondary N) is 1. The Morgan fingerprint density at radius 3 is 2.89 bits per heavy atom. The van der Waals surface area contributed by atoms with Crippen molar-refractivity contribution in [2.75, 3.05) is 0 Å². The van der Waals surface area contributed by atoms with Gasteiger partial charge in [0, 0.05) is 5.56 Å². The third-order valence-corrected chi connectivity index (χ3v) is 4.09. The maximum atomic E-state index is 11.9. The zero-order chi connectivity index (χ0) is 13.1. The fourth-order valence-electron chi connectivity index (χ4n) is 2.30. The van der Waals surface area contributed by atoms with Gasteiger partial charge < -0.3 is 0 Å². The molecule has 4 heteroatoms. The molecule has 0 unspecified atom stereocenters. The van der Waals surface area contributed by atoms with Crippen LogP contribution in [0.15, 0.2) is 46.9 Å². The minimum absolute atomic E-state index is 0.134. The Hall–Kier alpha value is -1.94. The van der Waals surface area contributed by atoms with Crippen LogP contribution in [0.1, 0.15) is 33.6 Å². The van der Waals surface area contributed by atoms with Gasteiger partial charge >= 0.3 is 0 Å². The van der Waals surface area contributed by atoms with E-state index in [2.05, 4.69) is 22.7 Å². The number of benzene rings is 1. The number of rotatable bonds is 2. The SMILES string of the molecule is O=C(NN=C1CCCc2ccccc21)c1cccs1. The van der Waals surface area contributed by atoms with Gasteiger partial charge in [-0.2, -0.15) is 5.10 Å². The number of carbonyl (C=O) groups excluding carboxylic acids is 1. The second kappa shape index (κ2) is 5.36. The molecule has 0 radical (unpaired) electrons. The number of fused-ring (bicyclic) bond motifs is 1. The highest BCUT2D eigenvalue weighted by molar-refractivity contribution is 7.12. The summed E-state index contributed by atoms with van der Waals surface area (Å²) in [7, 11) is 0. The van der Waals surface area contributed by atoms with Crippen molar-refractivity contribution in [1.82, 2.24) is 5.43 Å². The van der Waals surface area contributed by atoms with Crippen LogP contribution in [0.5, 0.6) is 0 Å². The van der Waals surface area contributed by atoms with E-state index in [9.17, 15) is 4.79 Å². The molecule has 1 N–H and O–H groups in total. The van der Waals surface area contributed by atoms with Crippen molar-refractivity contribution in [2.45, 2.75) is 19.3 Å². The van der Waals surface area contributed by atoms with E-state index >= 15 is 0 Å². The first-order valence-electron chi connectivity index (χ1n) is 6.33. The molecule has 3 rings (SSSR count). The van der Waals surface area contributed by atoms with Crippen molar-refractivity contribution in [2.24, 2.45) is 5.10 Å². The van der Waals surface area contributed by atoms with Crippen molar-refractivity contribution in [3.05, 3.63) is 57.8 Å². The second-order valence-corrected chi connectivity index (χ2v) is 5.44. The summed E-state index contributed by atoms with van der Waals surface area (Å²) in [6.07, 6.45) is 3.10. The van der Waals surface area contributed by atoms with E-state index < -0.39 is 0 Å². The lowest BCUT2D eigenvalue weighted by Gasteiger charge is -2.17. The van der Waals surface area contributed by atoms with E-state index in [0.717, 1.165) is 25.0 Å². The molecule has 1 heterocycles. The quantitative estimate of drug-likeness (QED) is 0.836. The van der Waals surface area contributed by atoms with E-state index in [1.165, 1.54) is 22.5 Å². The standard InChI is InChI=1S/C15H14N2OS/c18-15(14-9-4-10-19-14)17-16-13-8-3-6-11-5-1-2-7-12(11)13/h1-2,4-5,7,9-10H,3,6,8H2,(H,17,18). The highest BCUT2D eigenvalue weighted by atomic mass is 32.1. The Bertz CT molecular complexity index is 617. The Morgan fingerprint density at radius 1 is 1.16 bits per heavy atom. The molecule has 1 aliphatic carbocycles. The molecule has 19 heavy (non-hydrogen) atoms. The zero-order valence-corrected chi connectivity index (χ0v) is 11.2. The summed E-state index contributed by atoms with van der Waals surface area (Å²) in [5.74, 6) is -0.134. The second-order valence-electron chi connectivity index (χ2n) is 4.49. The molecule has 0 spiro atoms. The van der Waals surface area contributed by atoms with Crippen LogP contribution >= 0.6 is 11.3 Å². The average molecular weight is 270 g/mol. The summed E-state index contributed by atoms with van der Waals surface area (Å²) in [5.41, 5.74) is 6.12. The topological polar surface area (TPSA) is 41.5 Å². The van der Waals surface area contributed by atoms with Crippen molar-refractivity contribution in [3.8, 4) is 0 Å². The van der Waals surface area contributed by atoms with Gasteiger partial charge in [-0.25, -0.2) is 5.43 Å². The van der Waals surface area contributed by atoms with Crippen LogP contribution in [0.25, 0.3) is 0 Å². The van der Waals surface area contributed by atoms with Gasteiger partial charge in [-0.1, -0.05) is 30.3 Å². The first-order valence-corrected chi connectivity index (χ1v) is 7.21. The molecular formula is C15H14N2OS. The molecule has 0 aliphatic heterocycles. The first kappa shape index (κ1) is 12.1. The number of amides is 1. The predicted octanol–water partition coefficient (Wildman–Crippen LogP) is 3.22. The largest absolute Gasteiger partial charge is 0.281 e. The van der Waals surface area contributed by atoms with Crippen LogP contribution in [0.3, 0.4) is 0 Å². The molecule has 1 aromatic carbocycles. The van der Waals surface area contributed by atoms with Crippen molar-refractivity contribution < 1.29 is 4.79 Å². The van der Waals surface area contributed by atoms with Crippen LogP contribution in [-0.4, -0.2) is 11.6 Å². The van der Waals surface area contributed by atoms with Gasteiger partial charge in [-0.15, -0.1) is 11.3 Å². The molecule has 0 atom stereocenters. The summed E-state index contributed by atoms with van der Waals surface area (Å²) >= 11 is 1.42. The summed E-state index contributed by atoms with van der Waals surface area (Å²) < 4.78 is 0. The molecule has 1 aromatic heterocycles. The lowest BCUT2D eigenvalue weighted by Crippen LogP contribution is -2.21. The smallest absolute Gasteiger partial charge is 0.266 e. The van der Waals surface area contributed by atoms with Gasteiger partial charge in [0.2, 0.25) is 0 Å². The molecule has 1 amide bonds. The summed E-state index contributed by atoms with van der Waals surface area (Å²) in [6.45, 7) is 0. The summed E-state index contributed by atoms with van der Waals surface area (Å²) in [4.78, 5) is 12.5. The van der Waals surface area contributed by atoms with E-state index in [0.29, 0.717) is 4.88 Å². The van der Waals surface area contributed by atoms with E-state index in [4.69, 9.17) is 0 Å². The molecule has 96 valence electrons. The van der Waals surface area contributed by atoms with Crippen LogP contribution in [0.4, 0.5) is 0 Å². The molecule has 0 bridgehead atoms. The minimum atomic E-state index is -0.134. The highest BCUT2D eigenvalue weighted by Gasteiger charge is 2.15. The van der Waals surface area contributed by atoms with Gasteiger partial charge in [0.25, 0.3) is 5.91 Å². The molecule has 0 saturated carbocycles. The van der Waals surface area contributed by atoms with Gasteiger partial charge in [0.1, 0.15) is 0 Å². The van der Waals surface area contributed by atoms with Gasteiger partial charge in [0.05, 0.1) is 10.6 Å². The third-order valence-electron chi connectivity index (χ3n) is 3.23. The van der Waals surface area contributed by atoms with E-state index in [-0.39, 0.29) is 5.91 Å². The van der Waals surface area contributed by atoms with Crippen molar-refractivity contribution >= 4 is 23.0 Å². The number of hydrazone groups is 1. The highest BCUT2D eigenvalue weighted by Crippen LogP contribution is 2.21. The summed E-state index contributed by atoms with van der Waals surface area (Å²) in [6, 6.07) is 11.9. The molecule has 2 aromatic rings. The van der Waals surface area contributed by atoms with Crippen molar-refractivity contribution in [1.29, 1.82) is 0 Å². The van der Waals surface area contributed by atoms with Gasteiger partial charge in [0.15, 0.2) is 0 Å². The number of hydrogen-bond donors (Lipinski definition) is 1. The van der Waals surface area contributed by atoms with Crippen molar-refractivity contribution in [3.63, 3.8) is 0 Å². The minimum Gasteiger partial charge on any atom is -0.266 e. The van der Waals surface area contributed by atoms with Gasteiger partial charge in [-0.05, 0) is 36.3 Å². The van der Waals surface area contributed by atoms with E-state index in [1.807, 2.05) is 23.6 Å². The van der Waals surface area contributed by atoms with Gasteiger partial charge in [-0.3, -0.25) is 4.79 Å². The normalized spacial score (nSPS) is 16.1. The zero-order valence-electron chi connectivity index (χ0n) is 10.4. The first-order chi connectivity index (χ1) is 9.34. The number of aryl methyl sites for hydroxylation is 1. The van der Waals surface area contributed by atoms with Crippen LogP contribution in [-0.2, 0) is 6.42 Å². The fourth-order valence-corrected chi connectivity index (χ4v) is 2.91. The Balaban J connectivity index is 1.80. The van der Waals surface area contributed by atoms with Crippen LogP contribution in [0, 0.1) is 0 Å². The number of carbonyl (C=O) groups is 1.